The molecule has 0 aromatic carbocycles. The second kappa shape index (κ2) is 7.94. The van der Waals surface area contributed by atoms with E-state index in [0.29, 0.717) is 11.8 Å². The Morgan fingerprint density at radius 1 is 1.25 bits per heavy atom. The normalized spacial score (nSPS) is 22.2. The van der Waals surface area contributed by atoms with E-state index >= 15 is 0 Å². The number of likely N-dealkylation sites (tertiary alicyclic amines) is 1. The summed E-state index contributed by atoms with van der Waals surface area (Å²) in [4.78, 5) is 13.8. The summed E-state index contributed by atoms with van der Waals surface area (Å²) >= 11 is 5.63. The smallest absolute Gasteiger partial charge is 0.222 e. The quantitative estimate of drug-likeness (QED) is 0.519. The molecule has 0 N–H and O–H groups in total. The number of rotatable bonds is 6. The zero-order chi connectivity index (χ0) is 11.8. The molecule has 3 heteroatoms. The summed E-state index contributed by atoms with van der Waals surface area (Å²) in [6.45, 7) is 4.17. The number of amides is 1. The van der Waals surface area contributed by atoms with Crippen LogP contribution in [-0.2, 0) is 4.79 Å². The lowest BCUT2D eigenvalue weighted by Crippen LogP contribution is -2.31. The Labute approximate surface area is 104 Å². The van der Waals surface area contributed by atoms with E-state index in [1.807, 2.05) is 0 Å². The number of unbranched alkanes of at least 4 members (excludes halogenated alkanes) is 3. The van der Waals surface area contributed by atoms with Gasteiger partial charge in [-0.3, -0.25) is 4.79 Å². The standard InChI is InChI=1S/C13H24ClNO/c1-12-6-7-13(16)15(11-8-12)10-5-3-2-4-9-14/h12H,2-11H2,1H3. The number of halogens is 1. The Kier molecular flexibility index (Phi) is 6.86. The highest BCUT2D eigenvalue weighted by molar-refractivity contribution is 6.17. The predicted molar refractivity (Wildman–Crippen MR) is 68.8 cm³/mol. The molecular formula is C13H24ClNO. The van der Waals surface area contributed by atoms with E-state index in [1.165, 1.54) is 19.3 Å². The van der Waals surface area contributed by atoms with E-state index in [0.717, 1.165) is 44.7 Å². The van der Waals surface area contributed by atoms with Crippen LogP contribution in [0, 0.1) is 5.92 Å². The molecule has 1 aliphatic heterocycles. The lowest BCUT2D eigenvalue weighted by Gasteiger charge is -2.20. The maximum absolute atomic E-state index is 11.8. The van der Waals surface area contributed by atoms with E-state index in [2.05, 4.69) is 11.8 Å². The second-order valence-corrected chi connectivity index (χ2v) is 5.29. The van der Waals surface area contributed by atoms with Crippen LogP contribution in [0.15, 0.2) is 0 Å². The largest absolute Gasteiger partial charge is 0.343 e. The third kappa shape index (κ3) is 5.20. The van der Waals surface area contributed by atoms with Crippen LogP contribution >= 0.6 is 11.6 Å². The topological polar surface area (TPSA) is 20.3 Å². The molecule has 0 aromatic rings. The summed E-state index contributed by atoms with van der Waals surface area (Å²) in [6.07, 6.45) is 7.63. The summed E-state index contributed by atoms with van der Waals surface area (Å²) in [5.74, 6) is 1.84. The molecule has 94 valence electrons. The van der Waals surface area contributed by atoms with Crippen molar-refractivity contribution in [1.82, 2.24) is 4.90 Å². The van der Waals surface area contributed by atoms with Crippen molar-refractivity contribution in [2.24, 2.45) is 5.92 Å². The van der Waals surface area contributed by atoms with E-state index in [-0.39, 0.29) is 0 Å². The molecule has 1 amide bonds. The van der Waals surface area contributed by atoms with Gasteiger partial charge in [-0.05, 0) is 31.6 Å². The molecule has 1 heterocycles. The van der Waals surface area contributed by atoms with Gasteiger partial charge in [0.1, 0.15) is 0 Å². The highest BCUT2D eigenvalue weighted by Crippen LogP contribution is 2.18. The summed E-state index contributed by atoms with van der Waals surface area (Å²) in [5.41, 5.74) is 0. The first kappa shape index (κ1) is 13.8. The van der Waals surface area contributed by atoms with Crippen LogP contribution in [0.25, 0.3) is 0 Å². The van der Waals surface area contributed by atoms with Gasteiger partial charge >= 0.3 is 0 Å². The van der Waals surface area contributed by atoms with Crippen molar-refractivity contribution in [1.29, 1.82) is 0 Å². The molecule has 16 heavy (non-hydrogen) atoms. The van der Waals surface area contributed by atoms with Crippen LogP contribution in [0.2, 0.25) is 0 Å². The van der Waals surface area contributed by atoms with Gasteiger partial charge in [-0.1, -0.05) is 19.8 Å². The SMILES string of the molecule is CC1CCC(=O)N(CCCCCCCl)CC1. The second-order valence-electron chi connectivity index (χ2n) is 4.92. The average molecular weight is 246 g/mol. The van der Waals surface area contributed by atoms with Crippen LogP contribution in [0.3, 0.4) is 0 Å². The van der Waals surface area contributed by atoms with Gasteiger partial charge in [-0.15, -0.1) is 11.6 Å². The Hall–Kier alpha value is -0.240. The third-order valence-corrected chi connectivity index (χ3v) is 3.67. The Bertz CT molecular complexity index is 208. The lowest BCUT2D eigenvalue weighted by atomic mass is 10.0. The molecule has 0 aliphatic carbocycles. The van der Waals surface area contributed by atoms with Crippen LogP contribution in [0.4, 0.5) is 0 Å². The zero-order valence-electron chi connectivity index (χ0n) is 10.4. The van der Waals surface area contributed by atoms with Crippen LogP contribution < -0.4 is 0 Å². The molecule has 1 fully saturated rings. The predicted octanol–water partition coefficient (Wildman–Crippen LogP) is 3.43. The van der Waals surface area contributed by atoms with Crippen molar-refractivity contribution < 1.29 is 4.79 Å². The Balaban J connectivity index is 2.16. The van der Waals surface area contributed by atoms with Gasteiger partial charge in [0.25, 0.3) is 0 Å². The molecule has 1 saturated heterocycles. The van der Waals surface area contributed by atoms with E-state index in [4.69, 9.17) is 11.6 Å². The van der Waals surface area contributed by atoms with E-state index in [1.54, 1.807) is 0 Å². The molecule has 1 aliphatic rings. The van der Waals surface area contributed by atoms with E-state index < -0.39 is 0 Å². The van der Waals surface area contributed by atoms with Crippen molar-refractivity contribution in [2.45, 2.75) is 51.9 Å². The molecule has 1 rings (SSSR count). The Morgan fingerprint density at radius 2 is 2.00 bits per heavy atom. The maximum Gasteiger partial charge on any atom is 0.222 e. The molecule has 0 radical (unpaired) electrons. The molecule has 0 bridgehead atoms. The minimum Gasteiger partial charge on any atom is -0.343 e. The van der Waals surface area contributed by atoms with Crippen molar-refractivity contribution >= 4 is 17.5 Å². The van der Waals surface area contributed by atoms with Crippen molar-refractivity contribution in [3.8, 4) is 0 Å². The van der Waals surface area contributed by atoms with Gasteiger partial charge in [0, 0.05) is 25.4 Å². The molecule has 2 nitrogen and oxygen atoms in total. The molecule has 0 spiro atoms. The number of carbonyl (C=O) groups is 1. The summed E-state index contributed by atoms with van der Waals surface area (Å²) < 4.78 is 0. The van der Waals surface area contributed by atoms with Gasteiger partial charge in [-0.2, -0.15) is 0 Å². The van der Waals surface area contributed by atoms with Crippen molar-refractivity contribution in [3.05, 3.63) is 0 Å². The lowest BCUT2D eigenvalue weighted by molar-refractivity contribution is -0.130. The van der Waals surface area contributed by atoms with Crippen LogP contribution in [0.5, 0.6) is 0 Å². The highest BCUT2D eigenvalue weighted by atomic mass is 35.5. The molecule has 0 aromatic heterocycles. The summed E-state index contributed by atoms with van der Waals surface area (Å²) in [7, 11) is 0. The van der Waals surface area contributed by atoms with Crippen LogP contribution in [0.1, 0.15) is 51.9 Å². The number of carbonyl (C=O) groups excluding carboxylic acids is 1. The van der Waals surface area contributed by atoms with E-state index in [9.17, 15) is 4.79 Å². The first-order chi connectivity index (χ1) is 7.74. The number of nitrogens with zero attached hydrogens (tertiary/aromatic N) is 1. The average Bonchev–Trinajstić information content (AvgIpc) is 2.43. The molecule has 1 atom stereocenters. The van der Waals surface area contributed by atoms with Gasteiger partial charge in [-0.25, -0.2) is 0 Å². The number of hydrogen-bond donors (Lipinski definition) is 0. The fourth-order valence-corrected chi connectivity index (χ4v) is 2.35. The minimum absolute atomic E-state index is 0.363. The molecule has 1 unspecified atom stereocenters. The third-order valence-electron chi connectivity index (χ3n) is 3.41. The fourth-order valence-electron chi connectivity index (χ4n) is 2.16. The minimum atomic E-state index is 0.363. The first-order valence-corrected chi connectivity index (χ1v) is 7.11. The Morgan fingerprint density at radius 3 is 2.75 bits per heavy atom. The highest BCUT2D eigenvalue weighted by Gasteiger charge is 2.19. The molecule has 0 saturated carbocycles. The fraction of sp³-hybridized carbons (Fsp3) is 0.923. The van der Waals surface area contributed by atoms with Gasteiger partial charge < -0.3 is 4.90 Å². The van der Waals surface area contributed by atoms with Crippen molar-refractivity contribution in [3.63, 3.8) is 0 Å². The van der Waals surface area contributed by atoms with Gasteiger partial charge in [0.2, 0.25) is 5.91 Å². The summed E-state index contributed by atoms with van der Waals surface area (Å²) in [6, 6.07) is 0. The monoisotopic (exact) mass is 245 g/mol. The number of alkyl halides is 1. The van der Waals surface area contributed by atoms with Crippen molar-refractivity contribution in [2.75, 3.05) is 19.0 Å². The molecular weight excluding hydrogens is 222 g/mol. The zero-order valence-corrected chi connectivity index (χ0v) is 11.1. The number of hydrogen-bond acceptors (Lipinski definition) is 1. The van der Waals surface area contributed by atoms with Crippen LogP contribution in [-0.4, -0.2) is 29.8 Å². The maximum atomic E-state index is 11.8. The van der Waals surface area contributed by atoms with Gasteiger partial charge in [0.15, 0.2) is 0 Å². The first-order valence-electron chi connectivity index (χ1n) is 6.57. The summed E-state index contributed by atoms with van der Waals surface area (Å²) in [5, 5.41) is 0. The van der Waals surface area contributed by atoms with Gasteiger partial charge in [0.05, 0.1) is 0 Å².